The van der Waals surface area contributed by atoms with Gasteiger partial charge in [-0.15, -0.1) is 0 Å². The standard InChI is InChI=1S/C26H26ClF3N4O2/c1-13(22-21(36-26(29)30)8-7-19(28)23(22)27)18-11-32-24-17(18)9-15(10-31-24)20-12-33-25(34(20)2)14-3-5-16(35)6-4-14/h7-14,16,26,35H,3-6H2,1-2H3,(H,31,32)/t13-,14?,16?/m0/s1. The molecule has 1 atom stereocenters. The molecular formula is C26H26ClF3N4O2. The van der Waals surface area contributed by atoms with Gasteiger partial charge in [-0.2, -0.15) is 8.78 Å². The lowest BCUT2D eigenvalue weighted by molar-refractivity contribution is -0.0505. The second kappa shape index (κ2) is 9.78. The number of imidazole rings is 1. The van der Waals surface area contributed by atoms with Crippen LogP contribution >= 0.6 is 11.6 Å². The van der Waals surface area contributed by atoms with Gasteiger partial charge in [-0.05, 0) is 49.4 Å². The summed E-state index contributed by atoms with van der Waals surface area (Å²) >= 11 is 6.23. The molecule has 1 fully saturated rings. The van der Waals surface area contributed by atoms with E-state index in [1.807, 2.05) is 19.3 Å². The third-order valence-corrected chi connectivity index (χ3v) is 7.54. The number of nitrogens with one attached hydrogen (secondary N) is 1. The van der Waals surface area contributed by atoms with Crippen molar-refractivity contribution in [1.29, 1.82) is 0 Å². The maximum Gasteiger partial charge on any atom is 0.387 e. The summed E-state index contributed by atoms with van der Waals surface area (Å²) in [4.78, 5) is 12.3. The Kier molecular flexibility index (Phi) is 6.70. The normalized spacial score (nSPS) is 19.2. The van der Waals surface area contributed by atoms with Crippen LogP contribution in [0, 0.1) is 5.82 Å². The van der Waals surface area contributed by atoms with Crippen LogP contribution in [0.3, 0.4) is 0 Å². The van der Waals surface area contributed by atoms with Crippen molar-refractivity contribution in [2.75, 3.05) is 0 Å². The van der Waals surface area contributed by atoms with Gasteiger partial charge in [-0.1, -0.05) is 18.5 Å². The quantitative estimate of drug-likeness (QED) is 0.304. The van der Waals surface area contributed by atoms with Crippen molar-refractivity contribution in [2.24, 2.45) is 7.05 Å². The van der Waals surface area contributed by atoms with Gasteiger partial charge >= 0.3 is 6.61 Å². The minimum absolute atomic E-state index is 0.144. The number of aliphatic hydroxyl groups excluding tert-OH is 1. The molecular weight excluding hydrogens is 493 g/mol. The van der Waals surface area contributed by atoms with E-state index in [-0.39, 0.29) is 28.4 Å². The van der Waals surface area contributed by atoms with Crippen LogP contribution in [-0.2, 0) is 7.05 Å². The summed E-state index contributed by atoms with van der Waals surface area (Å²) in [5.74, 6) is -0.189. The number of ether oxygens (including phenoxy) is 1. The molecule has 1 aliphatic rings. The smallest absolute Gasteiger partial charge is 0.387 e. The fourth-order valence-electron chi connectivity index (χ4n) is 5.23. The van der Waals surface area contributed by atoms with Crippen LogP contribution in [0.25, 0.3) is 22.3 Å². The highest BCUT2D eigenvalue weighted by Crippen LogP contribution is 2.42. The number of aromatic nitrogens is 4. The van der Waals surface area contributed by atoms with Crippen molar-refractivity contribution in [2.45, 2.75) is 57.2 Å². The molecule has 36 heavy (non-hydrogen) atoms. The average molecular weight is 519 g/mol. The molecule has 3 aromatic heterocycles. The lowest BCUT2D eigenvalue weighted by Crippen LogP contribution is -2.19. The summed E-state index contributed by atoms with van der Waals surface area (Å²) in [6.07, 6.45) is 8.37. The Morgan fingerprint density at radius 2 is 1.92 bits per heavy atom. The highest BCUT2D eigenvalue weighted by molar-refractivity contribution is 6.31. The Balaban J connectivity index is 1.53. The van der Waals surface area contributed by atoms with Gasteiger partial charge in [0.15, 0.2) is 0 Å². The predicted octanol–water partition coefficient (Wildman–Crippen LogP) is 6.53. The van der Waals surface area contributed by atoms with Crippen molar-refractivity contribution in [3.05, 3.63) is 64.6 Å². The summed E-state index contributed by atoms with van der Waals surface area (Å²) in [6, 6.07) is 4.13. The number of fused-ring (bicyclic) bond motifs is 1. The summed E-state index contributed by atoms with van der Waals surface area (Å²) in [5, 5.41) is 10.3. The van der Waals surface area contributed by atoms with E-state index in [9.17, 15) is 18.3 Å². The molecule has 0 aliphatic heterocycles. The Hall–Kier alpha value is -3.04. The second-order valence-electron chi connectivity index (χ2n) is 9.30. The van der Waals surface area contributed by atoms with Crippen LogP contribution < -0.4 is 4.74 Å². The molecule has 3 heterocycles. The number of nitrogens with zero attached hydrogens (tertiary/aromatic N) is 3. The highest BCUT2D eigenvalue weighted by atomic mass is 35.5. The number of hydrogen-bond acceptors (Lipinski definition) is 4. The van der Waals surface area contributed by atoms with Gasteiger partial charge in [-0.25, -0.2) is 14.4 Å². The molecule has 2 N–H and O–H groups in total. The molecule has 0 spiro atoms. The first kappa shape index (κ1) is 24.6. The van der Waals surface area contributed by atoms with Crippen molar-refractivity contribution >= 4 is 22.6 Å². The highest BCUT2D eigenvalue weighted by Gasteiger charge is 2.26. The van der Waals surface area contributed by atoms with Crippen molar-refractivity contribution in [3.8, 4) is 17.0 Å². The van der Waals surface area contributed by atoms with Gasteiger partial charge in [0.05, 0.1) is 23.0 Å². The zero-order valence-electron chi connectivity index (χ0n) is 19.8. The van der Waals surface area contributed by atoms with E-state index in [2.05, 4.69) is 24.3 Å². The lowest BCUT2D eigenvalue weighted by atomic mass is 9.87. The molecule has 1 saturated carbocycles. The lowest BCUT2D eigenvalue weighted by Gasteiger charge is -2.25. The number of pyridine rings is 1. The van der Waals surface area contributed by atoms with Gasteiger partial charge in [0.2, 0.25) is 0 Å². The van der Waals surface area contributed by atoms with E-state index < -0.39 is 18.3 Å². The predicted molar refractivity (Wildman–Crippen MR) is 131 cm³/mol. The fraction of sp³-hybridized carbons (Fsp3) is 0.385. The van der Waals surface area contributed by atoms with Crippen molar-refractivity contribution in [3.63, 3.8) is 0 Å². The number of rotatable bonds is 6. The molecule has 0 radical (unpaired) electrons. The maximum atomic E-state index is 14.3. The molecule has 1 aliphatic carbocycles. The van der Waals surface area contributed by atoms with E-state index in [0.29, 0.717) is 5.65 Å². The van der Waals surface area contributed by atoms with Gasteiger partial charge < -0.3 is 19.4 Å². The van der Waals surface area contributed by atoms with E-state index >= 15 is 0 Å². The van der Waals surface area contributed by atoms with Crippen LogP contribution in [0.4, 0.5) is 13.2 Å². The minimum Gasteiger partial charge on any atom is -0.434 e. The van der Waals surface area contributed by atoms with Crippen molar-refractivity contribution in [1.82, 2.24) is 19.5 Å². The molecule has 6 nitrogen and oxygen atoms in total. The number of aliphatic hydroxyl groups is 1. The van der Waals surface area contributed by atoms with Crippen LogP contribution in [-0.4, -0.2) is 37.3 Å². The molecule has 10 heteroatoms. The summed E-state index contributed by atoms with van der Waals surface area (Å²) in [7, 11) is 1.97. The zero-order chi connectivity index (χ0) is 25.6. The SMILES string of the molecule is C[C@H](c1c(OC(F)F)ccc(F)c1Cl)c1c[nH]c2ncc(-c3cnc(C4CCC(O)CC4)n3C)cc12. The summed E-state index contributed by atoms with van der Waals surface area (Å²) < 4.78 is 47.1. The van der Waals surface area contributed by atoms with E-state index in [1.165, 1.54) is 6.07 Å². The average Bonchev–Trinajstić information content (AvgIpc) is 3.44. The number of benzene rings is 1. The van der Waals surface area contributed by atoms with Crippen LogP contribution in [0.2, 0.25) is 5.02 Å². The van der Waals surface area contributed by atoms with Crippen molar-refractivity contribution < 1.29 is 23.0 Å². The molecule has 190 valence electrons. The van der Waals surface area contributed by atoms with Crippen LogP contribution in [0.15, 0.2) is 36.8 Å². The molecule has 0 saturated heterocycles. The maximum absolute atomic E-state index is 14.3. The topological polar surface area (TPSA) is 76.0 Å². The zero-order valence-corrected chi connectivity index (χ0v) is 20.6. The Morgan fingerprint density at radius 3 is 2.64 bits per heavy atom. The fourth-order valence-corrected chi connectivity index (χ4v) is 5.55. The number of hydrogen-bond donors (Lipinski definition) is 2. The second-order valence-corrected chi connectivity index (χ2v) is 9.68. The molecule has 1 aromatic carbocycles. The van der Waals surface area contributed by atoms with Gasteiger partial charge in [0, 0.05) is 47.8 Å². The first-order valence-corrected chi connectivity index (χ1v) is 12.2. The first-order valence-electron chi connectivity index (χ1n) is 11.8. The van der Waals surface area contributed by atoms with Gasteiger partial charge in [0.25, 0.3) is 0 Å². The third kappa shape index (κ3) is 4.46. The van der Waals surface area contributed by atoms with Crippen LogP contribution in [0.5, 0.6) is 5.75 Å². The number of H-pyrrole nitrogens is 1. The molecule has 0 amide bonds. The Bertz CT molecular complexity index is 1400. The third-order valence-electron chi connectivity index (χ3n) is 7.15. The largest absolute Gasteiger partial charge is 0.434 e. The number of halogens is 4. The monoisotopic (exact) mass is 518 g/mol. The summed E-state index contributed by atoms with van der Waals surface area (Å²) in [5.41, 5.74) is 3.19. The van der Waals surface area contributed by atoms with Crippen LogP contribution in [0.1, 0.15) is 61.4 Å². The first-order chi connectivity index (χ1) is 17.2. The van der Waals surface area contributed by atoms with Gasteiger partial charge in [-0.3, -0.25) is 0 Å². The number of alkyl halides is 2. The van der Waals surface area contributed by atoms with Gasteiger partial charge in [0.1, 0.15) is 23.0 Å². The molecule has 4 aromatic rings. The summed E-state index contributed by atoms with van der Waals surface area (Å²) in [6.45, 7) is -1.31. The minimum atomic E-state index is -3.07. The Labute approximate surface area is 211 Å². The molecule has 0 bridgehead atoms. The van der Waals surface area contributed by atoms with E-state index in [0.717, 1.165) is 59.8 Å². The van der Waals surface area contributed by atoms with E-state index in [1.54, 1.807) is 19.3 Å². The Morgan fingerprint density at radius 1 is 1.17 bits per heavy atom. The molecule has 0 unspecified atom stereocenters. The van der Waals surface area contributed by atoms with E-state index in [4.69, 9.17) is 11.6 Å². The molecule has 5 rings (SSSR count). The number of aromatic amines is 1.